The molecule has 0 unspecified atom stereocenters. The maximum atomic E-state index is 12.1. The number of nitrogens with zero attached hydrogens (tertiary/aromatic N) is 2. The Kier molecular flexibility index (Phi) is 5.51. The van der Waals surface area contributed by atoms with Crippen molar-refractivity contribution in [1.82, 2.24) is 15.3 Å². The predicted molar refractivity (Wildman–Crippen MR) is 90.3 cm³/mol. The molecule has 0 aliphatic rings. The number of hydrogen-bond donors (Lipinski definition) is 2. The Morgan fingerprint density at radius 1 is 1.26 bits per heavy atom. The van der Waals surface area contributed by atoms with Gasteiger partial charge in [0.05, 0.1) is 12.3 Å². The van der Waals surface area contributed by atoms with E-state index in [0.717, 1.165) is 5.69 Å². The van der Waals surface area contributed by atoms with Crippen molar-refractivity contribution in [2.75, 3.05) is 11.9 Å². The highest BCUT2D eigenvalue weighted by molar-refractivity contribution is 5.92. The van der Waals surface area contributed by atoms with Crippen LogP contribution in [0.1, 0.15) is 37.0 Å². The second kappa shape index (κ2) is 7.58. The number of benzene rings is 1. The molecule has 6 nitrogen and oxygen atoms in total. The van der Waals surface area contributed by atoms with Crippen LogP contribution in [-0.2, 0) is 0 Å². The first-order valence-electron chi connectivity index (χ1n) is 7.65. The lowest BCUT2D eigenvalue weighted by molar-refractivity contribution is 0.0938. The van der Waals surface area contributed by atoms with Gasteiger partial charge >= 0.3 is 0 Å². The van der Waals surface area contributed by atoms with Gasteiger partial charge in [-0.05, 0) is 45.9 Å². The number of carbonyl (C=O) groups is 1. The van der Waals surface area contributed by atoms with E-state index in [1.807, 2.05) is 52.0 Å². The molecule has 23 heavy (non-hydrogen) atoms. The molecule has 2 rings (SSSR count). The van der Waals surface area contributed by atoms with Gasteiger partial charge in [-0.25, -0.2) is 9.97 Å². The van der Waals surface area contributed by atoms with E-state index in [0.29, 0.717) is 29.7 Å². The second-order valence-corrected chi connectivity index (χ2v) is 5.40. The normalized spacial score (nSPS) is 10.5. The van der Waals surface area contributed by atoms with Crippen LogP contribution < -0.4 is 15.4 Å². The van der Waals surface area contributed by atoms with E-state index < -0.39 is 0 Å². The molecule has 1 aromatic heterocycles. The van der Waals surface area contributed by atoms with Crippen LogP contribution in [0, 0.1) is 6.92 Å². The molecule has 0 saturated heterocycles. The van der Waals surface area contributed by atoms with Crippen molar-refractivity contribution in [3.8, 4) is 5.75 Å². The summed E-state index contributed by atoms with van der Waals surface area (Å²) in [6.07, 6.45) is 0. The average molecular weight is 314 g/mol. The van der Waals surface area contributed by atoms with E-state index in [9.17, 15) is 4.79 Å². The van der Waals surface area contributed by atoms with E-state index in [-0.39, 0.29) is 11.9 Å². The Morgan fingerprint density at radius 3 is 2.70 bits per heavy atom. The highest BCUT2D eigenvalue weighted by Crippen LogP contribution is 2.26. The fourth-order valence-corrected chi connectivity index (χ4v) is 2.05. The number of carbonyl (C=O) groups excluding carboxylic acids is 1. The van der Waals surface area contributed by atoms with E-state index in [1.54, 1.807) is 6.07 Å². The van der Waals surface area contributed by atoms with Gasteiger partial charge in [-0.1, -0.05) is 12.1 Å². The van der Waals surface area contributed by atoms with Gasteiger partial charge in [0, 0.05) is 11.7 Å². The van der Waals surface area contributed by atoms with Crippen molar-refractivity contribution >= 4 is 17.5 Å². The third-order valence-electron chi connectivity index (χ3n) is 2.94. The number of anilines is 2. The summed E-state index contributed by atoms with van der Waals surface area (Å²) < 4.78 is 5.57. The SMILES string of the molecule is CCOc1ccccc1Nc1nc(C)cc(C(=O)NC(C)C)n1. The summed E-state index contributed by atoms with van der Waals surface area (Å²) in [6, 6.07) is 9.26. The summed E-state index contributed by atoms with van der Waals surface area (Å²) in [6.45, 7) is 8.13. The number of aromatic nitrogens is 2. The largest absolute Gasteiger partial charge is 0.492 e. The number of ether oxygens (including phenoxy) is 1. The quantitative estimate of drug-likeness (QED) is 0.857. The molecule has 1 heterocycles. The number of rotatable bonds is 6. The third kappa shape index (κ3) is 4.67. The van der Waals surface area contributed by atoms with Crippen LogP contribution in [0.25, 0.3) is 0 Å². The van der Waals surface area contributed by atoms with Crippen LogP contribution in [0.3, 0.4) is 0 Å². The Balaban J connectivity index is 2.27. The van der Waals surface area contributed by atoms with E-state index >= 15 is 0 Å². The van der Waals surface area contributed by atoms with E-state index in [1.165, 1.54) is 0 Å². The molecule has 1 aromatic carbocycles. The molecule has 122 valence electrons. The van der Waals surface area contributed by atoms with Crippen molar-refractivity contribution in [2.24, 2.45) is 0 Å². The molecule has 2 N–H and O–H groups in total. The smallest absolute Gasteiger partial charge is 0.270 e. The molecule has 2 aromatic rings. The lowest BCUT2D eigenvalue weighted by Gasteiger charge is -2.13. The van der Waals surface area contributed by atoms with Crippen LogP contribution >= 0.6 is 0 Å². The standard InChI is InChI=1S/C17H22N4O2/c1-5-23-15-9-7-6-8-13(15)20-17-19-12(4)10-14(21-17)16(22)18-11(2)3/h6-11H,5H2,1-4H3,(H,18,22)(H,19,20,21). The molecule has 0 radical (unpaired) electrons. The van der Waals surface area contributed by atoms with Gasteiger partial charge in [-0.2, -0.15) is 0 Å². The molecule has 0 bridgehead atoms. The first-order chi connectivity index (χ1) is 11.0. The maximum absolute atomic E-state index is 12.1. The van der Waals surface area contributed by atoms with Crippen molar-refractivity contribution < 1.29 is 9.53 Å². The minimum Gasteiger partial charge on any atom is -0.492 e. The molecule has 0 spiro atoms. The number of amides is 1. The Bertz CT molecular complexity index is 686. The van der Waals surface area contributed by atoms with Crippen molar-refractivity contribution in [2.45, 2.75) is 33.7 Å². The van der Waals surface area contributed by atoms with Gasteiger partial charge in [0.2, 0.25) is 5.95 Å². The van der Waals surface area contributed by atoms with Crippen molar-refractivity contribution in [1.29, 1.82) is 0 Å². The van der Waals surface area contributed by atoms with Gasteiger partial charge < -0.3 is 15.4 Å². The summed E-state index contributed by atoms with van der Waals surface area (Å²) in [7, 11) is 0. The van der Waals surface area contributed by atoms with Crippen LogP contribution in [0.4, 0.5) is 11.6 Å². The minimum absolute atomic E-state index is 0.0489. The molecule has 0 atom stereocenters. The lowest BCUT2D eigenvalue weighted by atomic mass is 10.3. The highest BCUT2D eigenvalue weighted by atomic mass is 16.5. The van der Waals surface area contributed by atoms with Gasteiger partial charge in [-0.15, -0.1) is 0 Å². The van der Waals surface area contributed by atoms with Gasteiger partial charge in [0.1, 0.15) is 11.4 Å². The third-order valence-corrected chi connectivity index (χ3v) is 2.94. The van der Waals surface area contributed by atoms with Crippen LogP contribution in [0.2, 0.25) is 0 Å². The minimum atomic E-state index is -0.216. The number of aryl methyl sites for hydroxylation is 1. The maximum Gasteiger partial charge on any atom is 0.270 e. The summed E-state index contributed by atoms with van der Waals surface area (Å²) in [5.41, 5.74) is 1.81. The molecule has 0 aliphatic heterocycles. The van der Waals surface area contributed by atoms with Crippen LogP contribution in [0.5, 0.6) is 5.75 Å². The number of para-hydroxylation sites is 2. The Morgan fingerprint density at radius 2 is 2.00 bits per heavy atom. The van der Waals surface area contributed by atoms with Crippen molar-refractivity contribution in [3.05, 3.63) is 41.7 Å². The molecular weight excluding hydrogens is 292 g/mol. The average Bonchev–Trinajstić information content (AvgIpc) is 2.48. The summed E-state index contributed by atoms with van der Waals surface area (Å²) in [5.74, 6) is 0.867. The van der Waals surface area contributed by atoms with E-state index in [2.05, 4.69) is 20.6 Å². The Labute approximate surface area is 136 Å². The summed E-state index contributed by atoms with van der Waals surface area (Å²) in [4.78, 5) is 20.8. The summed E-state index contributed by atoms with van der Waals surface area (Å²) in [5, 5.41) is 5.95. The zero-order valence-corrected chi connectivity index (χ0v) is 13.9. The predicted octanol–water partition coefficient (Wildman–Crippen LogP) is 3.07. The zero-order chi connectivity index (χ0) is 16.8. The molecular formula is C17H22N4O2. The monoisotopic (exact) mass is 314 g/mol. The highest BCUT2D eigenvalue weighted by Gasteiger charge is 2.12. The first kappa shape index (κ1) is 16.7. The first-order valence-corrected chi connectivity index (χ1v) is 7.65. The zero-order valence-electron chi connectivity index (χ0n) is 13.9. The van der Waals surface area contributed by atoms with Gasteiger partial charge in [0.15, 0.2) is 0 Å². The topological polar surface area (TPSA) is 76.1 Å². The van der Waals surface area contributed by atoms with Gasteiger partial charge in [-0.3, -0.25) is 4.79 Å². The molecule has 0 fully saturated rings. The van der Waals surface area contributed by atoms with Crippen molar-refractivity contribution in [3.63, 3.8) is 0 Å². The fraction of sp³-hybridized carbons (Fsp3) is 0.353. The fourth-order valence-electron chi connectivity index (χ4n) is 2.05. The molecule has 1 amide bonds. The lowest BCUT2D eigenvalue weighted by Crippen LogP contribution is -2.31. The van der Waals surface area contributed by atoms with Crippen LogP contribution in [-0.4, -0.2) is 28.5 Å². The Hall–Kier alpha value is -2.63. The molecule has 6 heteroatoms. The summed E-state index contributed by atoms with van der Waals surface area (Å²) >= 11 is 0. The van der Waals surface area contributed by atoms with Gasteiger partial charge in [0.25, 0.3) is 5.91 Å². The second-order valence-electron chi connectivity index (χ2n) is 5.40. The number of hydrogen-bond acceptors (Lipinski definition) is 5. The number of nitrogens with one attached hydrogen (secondary N) is 2. The van der Waals surface area contributed by atoms with Crippen LogP contribution in [0.15, 0.2) is 30.3 Å². The molecule has 0 aliphatic carbocycles. The van der Waals surface area contributed by atoms with E-state index in [4.69, 9.17) is 4.74 Å². The molecule has 0 saturated carbocycles.